The van der Waals surface area contributed by atoms with Crippen molar-refractivity contribution in [3.8, 4) is 0 Å². The van der Waals surface area contributed by atoms with Crippen LogP contribution in [-0.4, -0.2) is 53.5 Å². The van der Waals surface area contributed by atoms with Gasteiger partial charge in [0.2, 0.25) is 5.91 Å². The largest absolute Gasteiger partial charge is 0.337 e. The minimum atomic E-state index is 0.0582. The van der Waals surface area contributed by atoms with Crippen LogP contribution in [0.3, 0.4) is 0 Å². The molecule has 2 saturated heterocycles. The van der Waals surface area contributed by atoms with Crippen molar-refractivity contribution < 1.29 is 4.79 Å². The van der Waals surface area contributed by atoms with Gasteiger partial charge in [0.05, 0.1) is 5.92 Å². The molecule has 3 fully saturated rings. The van der Waals surface area contributed by atoms with E-state index in [0.717, 1.165) is 25.9 Å². The first-order valence-corrected chi connectivity index (χ1v) is 8.88. The second-order valence-corrected chi connectivity index (χ2v) is 7.58. The molecule has 120 valence electrons. The van der Waals surface area contributed by atoms with Gasteiger partial charge in [0.15, 0.2) is 0 Å². The molecule has 5 unspecified atom stereocenters. The average Bonchev–Trinajstić information content (AvgIpc) is 2.48. The number of piperidine rings is 1. The van der Waals surface area contributed by atoms with Gasteiger partial charge < -0.3 is 10.6 Å². The highest BCUT2D eigenvalue weighted by atomic mass is 16.2. The zero-order chi connectivity index (χ0) is 15.0. The first-order chi connectivity index (χ1) is 10.1. The number of rotatable bonds is 1. The Bertz CT molecular complexity index is 386. The van der Waals surface area contributed by atoms with Crippen LogP contribution in [-0.2, 0) is 4.79 Å². The lowest BCUT2D eigenvalue weighted by Crippen LogP contribution is -2.62. The molecule has 4 nitrogen and oxygen atoms in total. The monoisotopic (exact) mass is 293 g/mol. The highest BCUT2D eigenvalue weighted by molar-refractivity contribution is 5.80. The molecule has 5 atom stereocenters. The molecule has 0 bridgehead atoms. The summed E-state index contributed by atoms with van der Waals surface area (Å²) in [4.78, 5) is 17.8. The maximum Gasteiger partial charge on any atom is 0.227 e. The van der Waals surface area contributed by atoms with Crippen LogP contribution in [0.1, 0.15) is 52.4 Å². The van der Waals surface area contributed by atoms with Gasteiger partial charge in [-0.05, 0) is 45.1 Å². The van der Waals surface area contributed by atoms with Crippen LogP contribution in [0.15, 0.2) is 0 Å². The number of nitrogens with zero attached hydrogens (tertiary/aromatic N) is 2. The summed E-state index contributed by atoms with van der Waals surface area (Å²) in [6, 6.07) is 0.996. The Morgan fingerprint density at radius 1 is 1.05 bits per heavy atom. The molecule has 21 heavy (non-hydrogen) atoms. The molecule has 3 rings (SSSR count). The Kier molecular flexibility index (Phi) is 4.55. The summed E-state index contributed by atoms with van der Waals surface area (Å²) in [5.41, 5.74) is 6.35. The first kappa shape index (κ1) is 15.3. The third-order valence-electron chi connectivity index (χ3n) is 6.08. The fraction of sp³-hybridized carbons (Fsp3) is 0.941. The minimum Gasteiger partial charge on any atom is -0.337 e. The summed E-state index contributed by atoms with van der Waals surface area (Å²) in [6.07, 6.45) is 7.21. The second kappa shape index (κ2) is 6.25. The van der Waals surface area contributed by atoms with Gasteiger partial charge in [0.1, 0.15) is 0 Å². The number of carbonyl (C=O) groups is 1. The van der Waals surface area contributed by atoms with E-state index in [0.29, 0.717) is 23.9 Å². The molecule has 1 amide bonds. The molecule has 0 aromatic rings. The van der Waals surface area contributed by atoms with Crippen LogP contribution in [0.25, 0.3) is 0 Å². The number of piperazine rings is 1. The van der Waals surface area contributed by atoms with E-state index >= 15 is 0 Å². The van der Waals surface area contributed by atoms with Crippen molar-refractivity contribution in [2.45, 2.75) is 70.5 Å². The Morgan fingerprint density at radius 2 is 1.86 bits per heavy atom. The lowest BCUT2D eigenvalue weighted by molar-refractivity contribution is -0.144. The van der Waals surface area contributed by atoms with E-state index in [9.17, 15) is 4.79 Å². The quantitative estimate of drug-likeness (QED) is 0.802. The molecule has 0 spiro atoms. The van der Waals surface area contributed by atoms with Gasteiger partial charge in [-0.25, -0.2) is 0 Å². The summed E-state index contributed by atoms with van der Waals surface area (Å²) in [6.45, 7) is 7.61. The number of hydrogen-bond acceptors (Lipinski definition) is 3. The highest BCUT2D eigenvalue weighted by Gasteiger charge is 2.40. The molecule has 2 heterocycles. The molecule has 0 aromatic heterocycles. The van der Waals surface area contributed by atoms with Crippen molar-refractivity contribution in [1.29, 1.82) is 0 Å². The topological polar surface area (TPSA) is 49.6 Å². The lowest BCUT2D eigenvalue weighted by atomic mass is 9.77. The molecule has 1 saturated carbocycles. The summed E-state index contributed by atoms with van der Waals surface area (Å²) in [5, 5.41) is 0. The van der Waals surface area contributed by atoms with Crippen molar-refractivity contribution in [3.63, 3.8) is 0 Å². The van der Waals surface area contributed by atoms with E-state index in [1.807, 2.05) is 0 Å². The molecule has 1 aliphatic carbocycles. The lowest BCUT2D eigenvalue weighted by Gasteiger charge is -2.49. The molecule has 0 radical (unpaired) electrons. The molecular formula is C17H31N3O. The Balaban J connectivity index is 1.68. The number of amides is 1. The van der Waals surface area contributed by atoms with Gasteiger partial charge in [-0.2, -0.15) is 0 Å². The standard InChI is InChI=1S/C17H31N3O/c1-12-6-5-8-15(16(12)18)17(21)20-11-14-7-3-4-9-19(14)10-13(20)2/h12-16H,3-11,18H2,1-2H3. The van der Waals surface area contributed by atoms with Crippen LogP contribution < -0.4 is 5.73 Å². The van der Waals surface area contributed by atoms with Crippen LogP contribution in [0.2, 0.25) is 0 Å². The normalized spacial score (nSPS) is 41.7. The summed E-state index contributed by atoms with van der Waals surface area (Å²) < 4.78 is 0. The van der Waals surface area contributed by atoms with Crippen molar-refractivity contribution in [1.82, 2.24) is 9.80 Å². The zero-order valence-corrected chi connectivity index (χ0v) is 13.6. The van der Waals surface area contributed by atoms with E-state index in [1.165, 1.54) is 32.2 Å². The van der Waals surface area contributed by atoms with Gasteiger partial charge in [0.25, 0.3) is 0 Å². The Hall–Kier alpha value is -0.610. The number of carbonyl (C=O) groups excluding carboxylic acids is 1. The van der Waals surface area contributed by atoms with E-state index in [1.54, 1.807) is 0 Å². The van der Waals surface area contributed by atoms with Gasteiger partial charge in [-0.3, -0.25) is 9.69 Å². The number of fused-ring (bicyclic) bond motifs is 1. The predicted octanol–water partition coefficient (Wildman–Crippen LogP) is 1.84. The van der Waals surface area contributed by atoms with Gasteiger partial charge in [-0.15, -0.1) is 0 Å². The van der Waals surface area contributed by atoms with E-state index in [-0.39, 0.29) is 12.0 Å². The number of nitrogens with two attached hydrogens (primary N) is 1. The molecule has 4 heteroatoms. The summed E-state index contributed by atoms with van der Waals surface area (Å²) in [7, 11) is 0. The summed E-state index contributed by atoms with van der Waals surface area (Å²) in [5.74, 6) is 0.886. The fourth-order valence-corrected chi connectivity index (χ4v) is 4.60. The SMILES string of the molecule is CC1CCCC(C(=O)N2CC3CCCCN3CC2C)C1N. The van der Waals surface area contributed by atoms with Crippen LogP contribution >= 0.6 is 0 Å². The fourth-order valence-electron chi connectivity index (χ4n) is 4.60. The van der Waals surface area contributed by atoms with Crippen LogP contribution in [0.4, 0.5) is 0 Å². The van der Waals surface area contributed by atoms with Crippen LogP contribution in [0, 0.1) is 11.8 Å². The summed E-state index contributed by atoms with van der Waals surface area (Å²) >= 11 is 0. The highest BCUT2D eigenvalue weighted by Crippen LogP contribution is 2.31. The van der Waals surface area contributed by atoms with E-state index < -0.39 is 0 Å². The smallest absolute Gasteiger partial charge is 0.227 e. The molecular weight excluding hydrogens is 262 g/mol. The van der Waals surface area contributed by atoms with Gasteiger partial charge in [0, 0.05) is 31.2 Å². The zero-order valence-electron chi connectivity index (χ0n) is 13.6. The Morgan fingerprint density at radius 3 is 2.67 bits per heavy atom. The van der Waals surface area contributed by atoms with Gasteiger partial charge >= 0.3 is 0 Å². The van der Waals surface area contributed by atoms with E-state index in [4.69, 9.17) is 5.73 Å². The maximum atomic E-state index is 13.0. The average molecular weight is 293 g/mol. The van der Waals surface area contributed by atoms with Crippen molar-refractivity contribution >= 4 is 5.91 Å². The third-order valence-corrected chi connectivity index (χ3v) is 6.08. The maximum absolute atomic E-state index is 13.0. The number of hydrogen-bond donors (Lipinski definition) is 1. The first-order valence-electron chi connectivity index (χ1n) is 8.88. The molecule has 0 aromatic carbocycles. The minimum absolute atomic E-state index is 0.0582. The third kappa shape index (κ3) is 2.98. The van der Waals surface area contributed by atoms with Gasteiger partial charge in [-0.1, -0.05) is 19.8 Å². The van der Waals surface area contributed by atoms with Crippen molar-refractivity contribution in [3.05, 3.63) is 0 Å². The van der Waals surface area contributed by atoms with E-state index in [2.05, 4.69) is 23.6 Å². The molecule has 2 N–H and O–H groups in total. The molecule has 2 aliphatic heterocycles. The molecule has 3 aliphatic rings. The van der Waals surface area contributed by atoms with Crippen molar-refractivity contribution in [2.75, 3.05) is 19.6 Å². The Labute approximate surface area is 129 Å². The van der Waals surface area contributed by atoms with Crippen LogP contribution in [0.5, 0.6) is 0 Å². The second-order valence-electron chi connectivity index (χ2n) is 7.58. The van der Waals surface area contributed by atoms with Crippen molar-refractivity contribution in [2.24, 2.45) is 17.6 Å². The predicted molar refractivity (Wildman–Crippen MR) is 84.9 cm³/mol.